The van der Waals surface area contributed by atoms with Crippen LogP contribution in [0.4, 0.5) is 0 Å². The summed E-state index contributed by atoms with van der Waals surface area (Å²) in [4.78, 5) is 1.26. The highest BCUT2D eigenvalue weighted by Crippen LogP contribution is 2.29. The predicted molar refractivity (Wildman–Crippen MR) is 89.5 cm³/mol. The van der Waals surface area contributed by atoms with Crippen molar-refractivity contribution in [2.24, 2.45) is 0 Å². The maximum Gasteiger partial charge on any atom is 0.122 e. The van der Waals surface area contributed by atoms with Gasteiger partial charge in [0.2, 0.25) is 0 Å². The maximum absolute atomic E-state index is 5.44. The van der Waals surface area contributed by atoms with Gasteiger partial charge in [-0.1, -0.05) is 22.0 Å². The molecule has 0 aromatic heterocycles. The van der Waals surface area contributed by atoms with E-state index in [1.165, 1.54) is 16.0 Å². The van der Waals surface area contributed by atoms with Crippen LogP contribution in [0.25, 0.3) is 0 Å². The smallest absolute Gasteiger partial charge is 0.122 e. The zero-order valence-electron chi connectivity index (χ0n) is 11.7. The molecule has 2 rings (SSSR count). The number of benzene rings is 2. The van der Waals surface area contributed by atoms with Crippen LogP contribution in [0.3, 0.4) is 0 Å². The Balaban J connectivity index is 2.10. The molecule has 0 fully saturated rings. The van der Waals surface area contributed by atoms with Crippen molar-refractivity contribution in [1.82, 2.24) is 5.32 Å². The van der Waals surface area contributed by atoms with E-state index >= 15 is 0 Å². The van der Waals surface area contributed by atoms with E-state index < -0.39 is 0 Å². The lowest BCUT2D eigenvalue weighted by atomic mass is 10.1. The highest BCUT2D eigenvalue weighted by molar-refractivity contribution is 9.10. The van der Waals surface area contributed by atoms with Crippen LogP contribution in [0.15, 0.2) is 51.8 Å². The molecular weight excluding hydrogens is 334 g/mol. The summed E-state index contributed by atoms with van der Waals surface area (Å²) in [6.45, 7) is 0.875. The van der Waals surface area contributed by atoms with E-state index in [9.17, 15) is 0 Å². The molecule has 2 aromatic rings. The molecule has 0 saturated heterocycles. The molecule has 0 aliphatic rings. The first-order valence-corrected chi connectivity index (χ1v) is 8.19. The van der Waals surface area contributed by atoms with Gasteiger partial charge in [-0.2, -0.15) is 0 Å². The van der Waals surface area contributed by atoms with E-state index in [2.05, 4.69) is 57.6 Å². The number of nitrogens with one attached hydrogen (secondary N) is 1. The topological polar surface area (TPSA) is 21.3 Å². The van der Waals surface area contributed by atoms with Gasteiger partial charge in [-0.25, -0.2) is 0 Å². The van der Waals surface area contributed by atoms with Crippen LogP contribution in [-0.2, 0) is 12.3 Å². The van der Waals surface area contributed by atoms with Crippen LogP contribution >= 0.6 is 27.7 Å². The predicted octanol–water partition coefficient (Wildman–Crippen LogP) is 4.47. The Morgan fingerprint density at radius 3 is 2.55 bits per heavy atom. The molecule has 0 amide bonds. The Labute approximate surface area is 133 Å². The molecule has 106 valence electrons. The van der Waals surface area contributed by atoms with Gasteiger partial charge < -0.3 is 10.1 Å². The summed E-state index contributed by atoms with van der Waals surface area (Å²) in [5.74, 6) is 1.86. The minimum absolute atomic E-state index is 0.875. The van der Waals surface area contributed by atoms with Gasteiger partial charge in [-0.15, -0.1) is 11.8 Å². The van der Waals surface area contributed by atoms with Gasteiger partial charge in [-0.05, 0) is 49.0 Å². The van der Waals surface area contributed by atoms with Crippen LogP contribution in [0.1, 0.15) is 11.1 Å². The third-order valence-corrected chi connectivity index (χ3v) is 4.52. The van der Waals surface area contributed by atoms with Crippen molar-refractivity contribution in [3.8, 4) is 5.75 Å². The molecule has 2 nitrogen and oxygen atoms in total. The summed E-state index contributed by atoms with van der Waals surface area (Å²) in [5.41, 5.74) is 2.51. The van der Waals surface area contributed by atoms with Crippen LogP contribution in [0, 0.1) is 0 Å². The summed E-state index contributed by atoms with van der Waals surface area (Å²) >= 11 is 5.27. The molecule has 0 aliphatic heterocycles. The van der Waals surface area contributed by atoms with Crippen molar-refractivity contribution in [1.29, 1.82) is 0 Å². The molecule has 0 atom stereocenters. The average molecular weight is 352 g/mol. The van der Waals surface area contributed by atoms with E-state index in [1.54, 1.807) is 7.11 Å². The first-order chi connectivity index (χ1) is 9.72. The third-order valence-electron chi connectivity index (χ3n) is 2.93. The van der Waals surface area contributed by atoms with Crippen molar-refractivity contribution in [2.45, 2.75) is 17.2 Å². The molecule has 0 bridgehead atoms. The Bertz CT molecular complexity index is 557. The second kappa shape index (κ2) is 7.72. The molecule has 0 saturated carbocycles. The fraction of sp³-hybridized carbons (Fsp3) is 0.250. The Hall–Kier alpha value is -0.970. The SMILES string of the molecule is CNCc1ccc(OC)c(CSc2ccc(Br)cc2)c1. The molecule has 0 unspecified atom stereocenters. The number of thioether (sulfide) groups is 1. The number of halogens is 1. The van der Waals surface area contributed by atoms with Crippen LogP contribution in [-0.4, -0.2) is 14.2 Å². The summed E-state index contributed by atoms with van der Waals surface area (Å²) in [6.07, 6.45) is 0. The minimum atomic E-state index is 0.875. The Morgan fingerprint density at radius 2 is 1.90 bits per heavy atom. The Kier molecular flexibility index (Phi) is 5.95. The van der Waals surface area contributed by atoms with Crippen molar-refractivity contribution in [3.63, 3.8) is 0 Å². The standard InChI is InChI=1S/C16H18BrNOS/c1-18-10-12-3-8-16(19-2)13(9-12)11-20-15-6-4-14(17)5-7-15/h3-9,18H,10-11H2,1-2H3. The van der Waals surface area contributed by atoms with E-state index in [-0.39, 0.29) is 0 Å². The molecule has 2 aromatic carbocycles. The first kappa shape index (κ1) is 15.4. The van der Waals surface area contributed by atoms with Gasteiger partial charge in [0.25, 0.3) is 0 Å². The normalized spacial score (nSPS) is 10.6. The van der Waals surface area contributed by atoms with Gasteiger partial charge in [0.1, 0.15) is 5.75 Å². The lowest BCUT2D eigenvalue weighted by molar-refractivity contribution is 0.411. The Morgan fingerprint density at radius 1 is 1.15 bits per heavy atom. The first-order valence-electron chi connectivity index (χ1n) is 6.41. The largest absolute Gasteiger partial charge is 0.496 e. The number of ether oxygens (including phenoxy) is 1. The van der Waals surface area contributed by atoms with Crippen molar-refractivity contribution >= 4 is 27.7 Å². The van der Waals surface area contributed by atoms with Crippen molar-refractivity contribution in [3.05, 3.63) is 58.1 Å². The molecule has 20 heavy (non-hydrogen) atoms. The van der Waals surface area contributed by atoms with Crippen LogP contribution < -0.4 is 10.1 Å². The van der Waals surface area contributed by atoms with Crippen molar-refractivity contribution < 1.29 is 4.74 Å². The fourth-order valence-corrected chi connectivity index (χ4v) is 3.09. The fourth-order valence-electron chi connectivity index (χ4n) is 1.95. The van der Waals surface area contributed by atoms with E-state index in [4.69, 9.17) is 4.74 Å². The van der Waals surface area contributed by atoms with E-state index in [0.717, 1.165) is 22.5 Å². The molecule has 0 radical (unpaired) electrons. The molecule has 0 heterocycles. The highest BCUT2D eigenvalue weighted by Gasteiger charge is 2.05. The van der Waals surface area contributed by atoms with Gasteiger partial charge in [-0.3, -0.25) is 0 Å². The quantitative estimate of drug-likeness (QED) is 0.775. The average Bonchev–Trinajstić information content (AvgIpc) is 2.47. The van der Waals surface area contributed by atoms with Gasteiger partial charge in [0.05, 0.1) is 7.11 Å². The summed E-state index contributed by atoms with van der Waals surface area (Å²) < 4.78 is 6.55. The number of methoxy groups -OCH3 is 1. The van der Waals surface area contributed by atoms with Crippen molar-refractivity contribution in [2.75, 3.05) is 14.2 Å². The lowest BCUT2D eigenvalue weighted by Gasteiger charge is -2.11. The van der Waals surface area contributed by atoms with E-state index in [0.29, 0.717) is 0 Å². The molecule has 0 aliphatic carbocycles. The lowest BCUT2D eigenvalue weighted by Crippen LogP contribution is -2.05. The summed E-state index contributed by atoms with van der Waals surface area (Å²) in [6, 6.07) is 14.7. The van der Waals surface area contributed by atoms with E-state index in [1.807, 2.05) is 24.9 Å². The van der Waals surface area contributed by atoms with Gasteiger partial charge >= 0.3 is 0 Å². The summed E-state index contributed by atoms with van der Waals surface area (Å²) in [7, 11) is 3.68. The number of rotatable bonds is 6. The maximum atomic E-state index is 5.44. The zero-order chi connectivity index (χ0) is 14.4. The second-order valence-electron chi connectivity index (χ2n) is 4.42. The zero-order valence-corrected chi connectivity index (χ0v) is 14.1. The number of hydrogen-bond donors (Lipinski definition) is 1. The molecule has 4 heteroatoms. The molecule has 0 spiro atoms. The second-order valence-corrected chi connectivity index (χ2v) is 6.38. The highest BCUT2D eigenvalue weighted by atomic mass is 79.9. The summed E-state index contributed by atoms with van der Waals surface area (Å²) in [5, 5.41) is 3.18. The third kappa shape index (κ3) is 4.27. The number of hydrogen-bond acceptors (Lipinski definition) is 3. The van der Waals surface area contributed by atoms with Crippen LogP contribution in [0.5, 0.6) is 5.75 Å². The van der Waals surface area contributed by atoms with Crippen LogP contribution in [0.2, 0.25) is 0 Å². The minimum Gasteiger partial charge on any atom is -0.496 e. The molecular formula is C16H18BrNOS. The monoisotopic (exact) mass is 351 g/mol. The van der Waals surface area contributed by atoms with Gasteiger partial charge in [0.15, 0.2) is 0 Å². The van der Waals surface area contributed by atoms with Gasteiger partial charge in [0, 0.05) is 27.2 Å². The molecule has 1 N–H and O–H groups in total.